The van der Waals surface area contributed by atoms with Gasteiger partial charge < -0.3 is 15.3 Å². The Hall–Kier alpha value is -7.36. The van der Waals surface area contributed by atoms with Gasteiger partial charge in [-0.15, -0.1) is 30.7 Å². The number of phenolic OH excluding ortho intramolecular Hbond substituents is 3. The molecule has 8 aromatic carbocycles. The highest BCUT2D eigenvalue weighted by Crippen LogP contribution is 2.46. The summed E-state index contributed by atoms with van der Waals surface area (Å²) in [5.41, 5.74) is -0.301. The summed E-state index contributed by atoms with van der Waals surface area (Å²) in [5.74, 6) is -2.35. The van der Waals surface area contributed by atoms with E-state index in [1.54, 1.807) is 30.3 Å². The maximum Gasteiger partial charge on any atom is 0.298 e. The summed E-state index contributed by atoms with van der Waals surface area (Å²) in [6.45, 7) is 0. The Morgan fingerprint density at radius 3 is 1.25 bits per heavy atom. The molecule has 0 atom stereocenters. The molecule has 0 radical (unpaired) electrons. The predicted molar refractivity (Wildman–Crippen MR) is 233 cm³/mol. The molecule has 8 rings (SSSR count). The maximum absolute atomic E-state index is 12.2. The largest absolute Gasteiger partial charge is 0.507 e. The van der Waals surface area contributed by atoms with E-state index in [4.69, 9.17) is 0 Å². The number of benzene rings is 8. The summed E-state index contributed by atoms with van der Waals surface area (Å²) in [6.07, 6.45) is 0. The van der Waals surface area contributed by atoms with Gasteiger partial charge in [0.2, 0.25) is 0 Å². The second kappa shape index (κ2) is 16.0. The Morgan fingerprint density at radius 1 is 0.338 bits per heavy atom. The van der Waals surface area contributed by atoms with Crippen LogP contribution in [0.25, 0.3) is 43.1 Å². The molecule has 8 aromatic rings. The average Bonchev–Trinajstić information content (AvgIpc) is 3.23. The first kappa shape index (κ1) is 44.3. The summed E-state index contributed by atoms with van der Waals surface area (Å²) in [5, 5.41) is 57.7. The van der Waals surface area contributed by atoms with Gasteiger partial charge in [-0.05, 0) is 84.2 Å². The molecule has 0 saturated heterocycles. The molecule has 0 unspecified atom stereocenters. The molecule has 0 aliphatic heterocycles. The number of rotatable bonds is 10. The van der Waals surface area contributed by atoms with Crippen molar-refractivity contribution >= 4 is 118 Å². The molecule has 21 nitrogen and oxygen atoms in total. The zero-order valence-electron chi connectivity index (χ0n) is 32.2. The van der Waals surface area contributed by atoms with Crippen molar-refractivity contribution in [1.29, 1.82) is 0 Å². The predicted octanol–water partition coefficient (Wildman–Crippen LogP) is 9.65. The molecule has 0 aliphatic carbocycles. The van der Waals surface area contributed by atoms with E-state index in [1.807, 2.05) is 0 Å². The summed E-state index contributed by atoms with van der Waals surface area (Å²) < 4.78 is 137. The number of phenols is 3. The molecule has 330 valence electrons. The molecular formula is C40H26N6O15S4. The summed E-state index contributed by atoms with van der Waals surface area (Å²) in [6, 6.07) is 24.3. The van der Waals surface area contributed by atoms with Crippen LogP contribution in [-0.2, 0) is 40.5 Å². The van der Waals surface area contributed by atoms with Gasteiger partial charge in [-0.3, -0.25) is 18.2 Å². The lowest BCUT2D eigenvalue weighted by Gasteiger charge is -2.12. The first-order valence-electron chi connectivity index (χ1n) is 18.0. The highest BCUT2D eigenvalue weighted by atomic mass is 32.2. The van der Waals surface area contributed by atoms with Crippen LogP contribution in [0.4, 0.5) is 34.1 Å². The molecular weight excluding hydrogens is 933 g/mol. The van der Waals surface area contributed by atoms with Crippen molar-refractivity contribution in [3.8, 4) is 17.2 Å². The Labute approximate surface area is 366 Å². The Balaban J connectivity index is 1.27. The molecule has 0 aromatic heterocycles. The summed E-state index contributed by atoms with van der Waals surface area (Å²) in [4.78, 5) is -3.34. The Kier molecular flexibility index (Phi) is 10.9. The van der Waals surface area contributed by atoms with Crippen LogP contribution in [-0.4, -0.2) is 67.2 Å². The third-order valence-electron chi connectivity index (χ3n) is 9.85. The Bertz CT molecular complexity index is 3930. The first-order valence-corrected chi connectivity index (χ1v) is 23.8. The van der Waals surface area contributed by atoms with Crippen LogP contribution < -0.4 is 0 Å². The van der Waals surface area contributed by atoms with Crippen molar-refractivity contribution in [3.05, 3.63) is 115 Å². The Morgan fingerprint density at radius 2 is 0.769 bits per heavy atom. The third kappa shape index (κ3) is 8.55. The molecule has 0 amide bonds. The monoisotopic (exact) mass is 958 g/mol. The zero-order valence-corrected chi connectivity index (χ0v) is 35.4. The number of azo groups is 3. The van der Waals surface area contributed by atoms with Crippen molar-refractivity contribution < 1.29 is 67.2 Å². The fraction of sp³-hybridized carbons (Fsp3) is 0. The van der Waals surface area contributed by atoms with Crippen molar-refractivity contribution in [2.24, 2.45) is 30.7 Å². The lowest BCUT2D eigenvalue weighted by molar-refractivity contribution is 0.441. The van der Waals surface area contributed by atoms with E-state index < -0.39 is 88.0 Å². The minimum absolute atomic E-state index is 0.0126. The fourth-order valence-electron chi connectivity index (χ4n) is 6.88. The lowest BCUT2D eigenvalue weighted by Crippen LogP contribution is -2.01. The van der Waals surface area contributed by atoms with Gasteiger partial charge in [-0.1, -0.05) is 36.4 Å². The smallest absolute Gasteiger partial charge is 0.298 e. The van der Waals surface area contributed by atoms with Crippen LogP contribution in [0.3, 0.4) is 0 Å². The van der Waals surface area contributed by atoms with Crippen molar-refractivity contribution in [3.63, 3.8) is 0 Å². The molecule has 65 heavy (non-hydrogen) atoms. The topological polar surface area (TPSA) is 352 Å². The van der Waals surface area contributed by atoms with Crippen LogP contribution in [0.1, 0.15) is 0 Å². The number of nitrogens with zero attached hydrogens (tertiary/aromatic N) is 6. The van der Waals surface area contributed by atoms with Gasteiger partial charge >= 0.3 is 0 Å². The van der Waals surface area contributed by atoms with E-state index >= 15 is 0 Å². The van der Waals surface area contributed by atoms with Crippen molar-refractivity contribution in [1.82, 2.24) is 0 Å². The number of hydrogen-bond acceptors (Lipinski definition) is 17. The van der Waals surface area contributed by atoms with Gasteiger partial charge in [0.1, 0.15) is 27.0 Å². The highest BCUT2D eigenvalue weighted by Gasteiger charge is 2.26. The normalized spacial score (nSPS) is 13.1. The molecule has 0 heterocycles. The highest BCUT2D eigenvalue weighted by molar-refractivity contribution is 7.86. The molecule has 0 bridgehead atoms. The lowest BCUT2D eigenvalue weighted by atomic mass is 10.1. The minimum Gasteiger partial charge on any atom is -0.507 e. The zero-order chi connectivity index (χ0) is 46.8. The molecule has 0 aliphatic rings. The molecule has 0 saturated carbocycles. The van der Waals surface area contributed by atoms with Gasteiger partial charge in [0.15, 0.2) is 0 Å². The molecule has 0 fully saturated rings. The van der Waals surface area contributed by atoms with Crippen LogP contribution >= 0.6 is 0 Å². The van der Waals surface area contributed by atoms with E-state index in [2.05, 4.69) is 30.7 Å². The number of hydrogen-bond donors (Lipinski definition) is 7. The van der Waals surface area contributed by atoms with Crippen LogP contribution in [0.2, 0.25) is 0 Å². The van der Waals surface area contributed by atoms with Crippen LogP contribution in [0.5, 0.6) is 17.2 Å². The average molecular weight is 959 g/mol. The molecule has 7 N–H and O–H groups in total. The maximum atomic E-state index is 12.2. The van der Waals surface area contributed by atoms with E-state index in [1.165, 1.54) is 42.5 Å². The quantitative estimate of drug-likeness (QED) is 0.0495. The van der Waals surface area contributed by atoms with Crippen LogP contribution in [0.15, 0.2) is 166 Å². The van der Waals surface area contributed by atoms with Gasteiger partial charge in [0.05, 0.1) is 54.7 Å². The van der Waals surface area contributed by atoms with E-state index in [0.717, 1.165) is 30.3 Å². The third-order valence-corrected chi connectivity index (χ3v) is 13.3. The second-order valence-electron chi connectivity index (χ2n) is 13.9. The first-order chi connectivity index (χ1) is 30.5. The van der Waals surface area contributed by atoms with Gasteiger partial charge in [0.25, 0.3) is 40.5 Å². The van der Waals surface area contributed by atoms with Crippen molar-refractivity contribution in [2.75, 3.05) is 0 Å². The number of fused-ring (bicyclic) bond motifs is 4. The fourth-order valence-corrected chi connectivity index (χ4v) is 9.09. The second-order valence-corrected chi connectivity index (χ2v) is 19.5. The summed E-state index contributed by atoms with van der Waals surface area (Å²) in [7, 11) is -19.9. The molecule has 0 spiro atoms. The van der Waals surface area contributed by atoms with Crippen molar-refractivity contribution in [2.45, 2.75) is 19.6 Å². The van der Waals surface area contributed by atoms with E-state index in [-0.39, 0.29) is 44.7 Å². The SMILES string of the molecule is O=S(=O)(O)c1ccc2c(N=Nc3cccc4cccc(O)c34)ccc(N=Nc3ccc(N=Nc4cc(S(=O)(=O)O)c(O)c5ccc(S(=O)(=O)O)c(O)c45)c4cc(S(=O)(=O)O)ccc34)c2c1. The summed E-state index contributed by atoms with van der Waals surface area (Å²) >= 11 is 0. The van der Waals surface area contributed by atoms with E-state index in [9.17, 15) is 67.2 Å². The molecule has 25 heteroatoms. The minimum atomic E-state index is -5.20. The standard InChI is InChI=1S/C40H26N6O15S4/c47-34-6-2-4-20-3-1-5-32(37(20)34)45-42-29-13-14-30(26-17-21(62(50,51)52)8-10-24(26)29)43-41-28-12-15-31(27-18-22(63(53,54)55)7-9-23(27)28)44-46-33-19-36(65(59,60)61)39(48)25-11-16-35(64(56,57)58)40(49)38(25)33/h1-19,47-49H,(H,50,51,52)(H,53,54,55)(H,56,57,58)(H,59,60,61). The van der Waals surface area contributed by atoms with Crippen LogP contribution in [0, 0.1) is 0 Å². The number of aromatic hydroxyl groups is 3. The van der Waals surface area contributed by atoms with E-state index in [0.29, 0.717) is 34.0 Å². The van der Waals surface area contributed by atoms with Gasteiger partial charge in [-0.2, -0.15) is 33.7 Å². The van der Waals surface area contributed by atoms with Gasteiger partial charge in [-0.25, -0.2) is 0 Å². The van der Waals surface area contributed by atoms with Gasteiger partial charge in [0, 0.05) is 26.9 Å².